The molecular weight excluding hydrogens is 262 g/mol. The van der Waals surface area contributed by atoms with Crippen LogP contribution in [0, 0.1) is 0 Å². The van der Waals surface area contributed by atoms with Gasteiger partial charge < -0.3 is 10.1 Å². The molecule has 0 aromatic heterocycles. The van der Waals surface area contributed by atoms with Crippen LogP contribution >= 0.6 is 0 Å². The summed E-state index contributed by atoms with van der Waals surface area (Å²) in [6.07, 6.45) is 1.22. The van der Waals surface area contributed by atoms with Gasteiger partial charge in [0.1, 0.15) is 6.61 Å². The van der Waals surface area contributed by atoms with Gasteiger partial charge in [0.25, 0.3) is 0 Å². The zero-order valence-corrected chi connectivity index (χ0v) is 11.7. The van der Waals surface area contributed by atoms with E-state index in [4.69, 9.17) is 4.74 Å². The third kappa shape index (κ3) is 4.68. The van der Waals surface area contributed by atoms with Crippen molar-refractivity contribution in [2.75, 3.05) is 0 Å². The van der Waals surface area contributed by atoms with Crippen LogP contribution in [0.2, 0.25) is 0 Å². The molecule has 1 unspecified atom stereocenters. The highest BCUT2D eigenvalue weighted by Crippen LogP contribution is 2.13. The number of hydrogen-bond donors (Lipinski definition) is 1. The molecule has 0 saturated carbocycles. The molecule has 0 aliphatic heterocycles. The Balaban J connectivity index is 1.94. The van der Waals surface area contributed by atoms with Crippen LogP contribution in [0.4, 0.5) is 4.79 Å². The first kappa shape index (κ1) is 14.6. The molecular formula is C18H17NO2. The van der Waals surface area contributed by atoms with Crippen LogP contribution in [0.25, 0.3) is 0 Å². The van der Waals surface area contributed by atoms with Gasteiger partial charge in [0.2, 0.25) is 0 Å². The number of nitrogens with one attached hydrogen (secondary N) is 1. The van der Waals surface area contributed by atoms with Gasteiger partial charge in [-0.05, 0) is 17.2 Å². The second kappa shape index (κ2) is 7.73. The zero-order valence-electron chi connectivity index (χ0n) is 11.7. The minimum Gasteiger partial charge on any atom is -0.445 e. The van der Waals surface area contributed by atoms with E-state index in [1.54, 1.807) is 6.08 Å². The van der Waals surface area contributed by atoms with Crippen molar-refractivity contribution in [3.63, 3.8) is 0 Å². The quantitative estimate of drug-likeness (QED) is 0.840. The van der Waals surface area contributed by atoms with Crippen LogP contribution in [-0.2, 0) is 11.3 Å². The summed E-state index contributed by atoms with van der Waals surface area (Å²) >= 11 is 0. The van der Waals surface area contributed by atoms with E-state index >= 15 is 0 Å². The van der Waals surface area contributed by atoms with Gasteiger partial charge >= 0.3 is 6.09 Å². The molecule has 106 valence electrons. The summed E-state index contributed by atoms with van der Waals surface area (Å²) in [6, 6.07) is 18.9. The summed E-state index contributed by atoms with van der Waals surface area (Å²) < 4.78 is 5.21. The van der Waals surface area contributed by atoms with Gasteiger partial charge in [0.05, 0.1) is 6.04 Å². The first-order chi connectivity index (χ1) is 10.3. The summed E-state index contributed by atoms with van der Waals surface area (Å²) in [7, 11) is 0. The molecule has 1 amide bonds. The number of alkyl carbamates (subject to hydrolysis) is 1. The highest BCUT2D eigenvalue weighted by molar-refractivity contribution is 5.68. The highest BCUT2D eigenvalue weighted by atomic mass is 16.5. The van der Waals surface area contributed by atoms with Gasteiger partial charge in [-0.15, -0.1) is 5.73 Å². The molecule has 21 heavy (non-hydrogen) atoms. The number of ether oxygens (including phenoxy) is 1. The van der Waals surface area contributed by atoms with Crippen LogP contribution in [0.3, 0.4) is 0 Å². The minimum absolute atomic E-state index is 0.242. The first-order valence-corrected chi connectivity index (χ1v) is 6.67. The fourth-order valence-corrected chi connectivity index (χ4v) is 1.89. The van der Waals surface area contributed by atoms with E-state index in [9.17, 15) is 4.79 Å². The summed E-state index contributed by atoms with van der Waals surface area (Å²) in [5.41, 5.74) is 4.60. The second-order valence-corrected chi connectivity index (χ2v) is 4.47. The molecule has 0 spiro atoms. The summed E-state index contributed by atoms with van der Waals surface area (Å²) in [5, 5.41) is 2.79. The fourth-order valence-electron chi connectivity index (χ4n) is 1.89. The van der Waals surface area contributed by atoms with Crippen molar-refractivity contribution in [1.29, 1.82) is 0 Å². The average molecular weight is 279 g/mol. The maximum Gasteiger partial charge on any atom is 0.408 e. The molecule has 1 atom stereocenters. The van der Waals surface area contributed by atoms with Gasteiger partial charge in [-0.2, -0.15) is 0 Å². The Labute approximate surface area is 124 Å². The van der Waals surface area contributed by atoms with Crippen LogP contribution in [0.1, 0.15) is 17.2 Å². The number of hydrogen-bond acceptors (Lipinski definition) is 2. The van der Waals surface area contributed by atoms with E-state index in [1.165, 1.54) is 0 Å². The predicted molar refractivity (Wildman–Crippen MR) is 82.7 cm³/mol. The van der Waals surface area contributed by atoms with Crippen LogP contribution < -0.4 is 5.32 Å². The number of amides is 1. The van der Waals surface area contributed by atoms with Crippen molar-refractivity contribution in [2.24, 2.45) is 0 Å². The third-order valence-electron chi connectivity index (χ3n) is 2.93. The number of carbonyl (C=O) groups is 1. The summed E-state index contributed by atoms with van der Waals surface area (Å²) in [5.74, 6) is 0. The van der Waals surface area contributed by atoms with Crippen LogP contribution in [-0.4, -0.2) is 6.09 Å². The molecule has 0 aliphatic rings. The van der Waals surface area contributed by atoms with Crippen molar-refractivity contribution in [3.05, 3.63) is 90.2 Å². The highest BCUT2D eigenvalue weighted by Gasteiger charge is 2.12. The Hall–Kier alpha value is -2.77. The number of benzene rings is 2. The van der Waals surface area contributed by atoms with Crippen molar-refractivity contribution in [2.45, 2.75) is 12.6 Å². The first-order valence-electron chi connectivity index (χ1n) is 6.67. The van der Waals surface area contributed by atoms with E-state index in [1.807, 2.05) is 60.7 Å². The molecule has 3 heteroatoms. The Morgan fingerprint density at radius 1 is 1.14 bits per heavy atom. The third-order valence-corrected chi connectivity index (χ3v) is 2.93. The van der Waals surface area contributed by atoms with Gasteiger partial charge in [0.15, 0.2) is 0 Å². The molecule has 2 aromatic carbocycles. The lowest BCUT2D eigenvalue weighted by atomic mass is 10.1. The molecule has 0 saturated heterocycles. The summed E-state index contributed by atoms with van der Waals surface area (Å²) in [6.45, 7) is 3.80. The topological polar surface area (TPSA) is 38.3 Å². The van der Waals surface area contributed by atoms with E-state index in [2.05, 4.69) is 17.6 Å². The smallest absolute Gasteiger partial charge is 0.408 e. The standard InChI is InChI=1S/C18H17NO2/c1-2-9-17(16-12-7-4-8-13-16)19-18(20)21-14-15-10-5-3-6-11-15/h3-13,17H,1,14H2,(H,19,20). The maximum absolute atomic E-state index is 11.9. The van der Waals surface area contributed by atoms with Gasteiger partial charge in [-0.3, -0.25) is 0 Å². The lowest BCUT2D eigenvalue weighted by Gasteiger charge is -2.14. The normalized spacial score (nSPS) is 11.0. The molecule has 0 heterocycles. The number of carbonyl (C=O) groups excluding carboxylic acids is 1. The van der Waals surface area contributed by atoms with Gasteiger partial charge in [0, 0.05) is 0 Å². The molecule has 2 aromatic rings. The largest absolute Gasteiger partial charge is 0.445 e. The molecule has 0 bridgehead atoms. The molecule has 0 radical (unpaired) electrons. The second-order valence-electron chi connectivity index (χ2n) is 4.47. The minimum atomic E-state index is -0.473. The fraction of sp³-hybridized carbons (Fsp3) is 0.111. The van der Waals surface area contributed by atoms with E-state index in [0.29, 0.717) is 0 Å². The summed E-state index contributed by atoms with van der Waals surface area (Å²) in [4.78, 5) is 11.9. The van der Waals surface area contributed by atoms with Crippen molar-refractivity contribution < 1.29 is 9.53 Å². The Morgan fingerprint density at radius 3 is 2.38 bits per heavy atom. The molecule has 3 nitrogen and oxygen atoms in total. The Bertz CT molecular complexity index is 616. The van der Waals surface area contributed by atoms with Gasteiger partial charge in [-0.25, -0.2) is 4.79 Å². The average Bonchev–Trinajstić information content (AvgIpc) is 2.54. The monoisotopic (exact) mass is 279 g/mol. The lowest BCUT2D eigenvalue weighted by Crippen LogP contribution is -2.27. The Morgan fingerprint density at radius 2 is 1.76 bits per heavy atom. The van der Waals surface area contributed by atoms with E-state index < -0.39 is 6.09 Å². The molecule has 0 aliphatic carbocycles. The van der Waals surface area contributed by atoms with Crippen LogP contribution in [0.5, 0.6) is 0 Å². The maximum atomic E-state index is 11.9. The zero-order chi connectivity index (χ0) is 14.9. The predicted octanol–water partition coefficient (Wildman–Crippen LogP) is 4.00. The SMILES string of the molecule is C=C=CC(NC(=O)OCc1ccccc1)c1ccccc1. The van der Waals surface area contributed by atoms with Gasteiger partial charge in [-0.1, -0.05) is 67.2 Å². The van der Waals surface area contributed by atoms with E-state index in [-0.39, 0.29) is 12.6 Å². The van der Waals surface area contributed by atoms with Crippen LogP contribution in [0.15, 0.2) is 79.0 Å². The lowest BCUT2D eigenvalue weighted by molar-refractivity contribution is 0.137. The van der Waals surface area contributed by atoms with E-state index in [0.717, 1.165) is 11.1 Å². The molecule has 0 fully saturated rings. The number of rotatable bonds is 5. The van der Waals surface area contributed by atoms with Crippen molar-refractivity contribution in [1.82, 2.24) is 5.32 Å². The molecule has 2 rings (SSSR count). The van der Waals surface area contributed by atoms with Crippen molar-refractivity contribution in [3.8, 4) is 0 Å². The van der Waals surface area contributed by atoms with Crippen molar-refractivity contribution >= 4 is 6.09 Å². The Kier molecular flexibility index (Phi) is 5.39. The molecule has 1 N–H and O–H groups in total.